The van der Waals surface area contributed by atoms with Gasteiger partial charge < -0.3 is 0 Å². The van der Waals surface area contributed by atoms with Gasteiger partial charge in [-0.3, -0.25) is 0 Å². The van der Waals surface area contributed by atoms with Gasteiger partial charge in [-0.05, 0) is 86.9 Å². The fourth-order valence-corrected chi connectivity index (χ4v) is 6.86. The van der Waals surface area contributed by atoms with E-state index in [1.165, 1.54) is 0 Å². The predicted octanol–water partition coefficient (Wildman–Crippen LogP) is 9.63. The summed E-state index contributed by atoms with van der Waals surface area (Å²) in [4.78, 5) is 0. The topological polar surface area (TPSA) is 0 Å². The summed E-state index contributed by atoms with van der Waals surface area (Å²) in [5, 5.41) is 0. The third kappa shape index (κ3) is 8.25. The Morgan fingerprint density at radius 3 is 1.26 bits per heavy atom. The molecule has 0 aromatic rings. The molecule has 0 saturated heterocycles. The molecule has 0 amide bonds. The van der Waals surface area contributed by atoms with Gasteiger partial charge in [-0.2, -0.15) is 0 Å². The molecular formula is C24H46Cl2Zr. The van der Waals surface area contributed by atoms with Crippen LogP contribution in [-0.2, 0) is 20.8 Å². The molecular weight excluding hydrogens is 450 g/mol. The summed E-state index contributed by atoms with van der Waals surface area (Å²) in [5.41, 5.74) is 0. The Kier molecular flexibility index (Phi) is 15.9. The van der Waals surface area contributed by atoms with Crippen molar-refractivity contribution in [2.45, 2.75) is 118 Å². The second-order valence-corrected chi connectivity index (χ2v) is 12.5. The normalized spacial score (nSPS) is 36.5. The van der Waals surface area contributed by atoms with Gasteiger partial charge >= 0.3 is 37.9 Å². The van der Waals surface area contributed by atoms with Gasteiger partial charge in [0.1, 0.15) is 0 Å². The van der Waals surface area contributed by atoms with Crippen molar-refractivity contribution in [1.29, 1.82) is 0 Å². The Balaban J connectivity index is 0.000000466. The molecule has 0 nitrogen and oxygen atoms in total. The van der Waals surface area contributed by atoms with Gasteiger partial charge in [-0.15, -0.1) is 0 Å². The molecule has 0 N–H and O–H groups in total. The zero-order valence-corrected chi connectivity index (χ0v) is 22.6. The van der Waals surface area contributed by atoms with Gasteiger partial charge in [-0.25, -0.2) is 0 Å². The van der Waals surface area contributed by atoms with Crippen molar-refractivity contribution in [3.63, 3.8) is 0 Å². The maximum absolute atomic E-state index is 4.93. The molecule has 6 atom stereocenters. The Hall–Kier alpha value is 1.46. The molecule has 0 spiro atoms. The first-order chi connectivity index (χ1) is 13.3. The molecule has 0 aromatic carbocycles. The Labute approximate surface area is 190 Å². The zero-order valence-electron chi connectivity index (χ0n) is 18.6. The molecule has 0 radical (unpaired) electrons. The van der Waals surface area contributed by atoms with Crippen LogP contribution in [0.25, 0.3) is 0 Å². The monoisotopic (exact) mass is 494 g/mol. The van der Waals surface area contributed by atoms with E-state index >= 15 is 0 Å². The van der Waals surface area contributed by atoms with E-state index in [0.29, 0.717) is 0 Å². The van der Waals surface area contributed by atoms with Crippen LogP contribution in [0, 0.1) is 35.5 Å². The molecule has 3 heteroatoms. The van der Waals surface area contributed by atoms with Crippen molar-refractivity contribution in [3.8, 4) is 0 Å². The minimum atomic E-state index is -0.826. The summed E-state index contributed by atoms with van der Waals surface area (Å²) in [7, 11) is 9.87. The van der Waals surface area contributed by atoms with E-state index in [1.807, 2.05) is 27.7 Å². The SMILES string of the molecule is C1CCC2C(C1)CCC2CCC1CCC2CCCCC21.CC.CC.[Cl][Zr][Cl]. The zero-order chi connectivity index (χ0) is 20.1. The molecule has 6 unspecified atom stereocenters. The predicted molar refractivity (Wildman–Crippen MR) is 120 cm³/mol. The van der Waals surface area contributed by atoms with Crippen LogP contribution in [0.3, 0.4) is 0 Å². The van der Waals surface area contributed by atoms with Crippen LogP contribution in [-0.4, -0.2) is 0 Å². The number of halogens is 2. The summed E-state index contributed by atoms with van der Waals surface area (Å²) in [6.07, 6.45) is 22.1. The van der Waals surface area contributed by atoms with Gasteiger partial charge in [-0.1, -0.05) is 66.2 Å². The maximum atomic E-state index is 4.93. The Morgan fingerprint density at radius 2 is 0.889 bits per heavy atom. The second kappa shape index (κ2) is 16.2. The fourth-order valence-electron chi connectivity index (χ4n) is 6.86. The van der Waals surface area contributed by atoms with Crippen molar-refractivity contribution in [1.82, 2.24) is 0 Å². The van der Waals surface area contributed by atoms with Crippen LogP contribution in [0.5, 0.6) is 0 Å². The first kappa shape index (κ1) is 26.5. The number of hydrogen-bond acceptors (Lipinski definition) is 0. The summed E-state index contributed by atoms with van der Waals surface area (Å²) in [6, 6.07) is 0. The van der Waals surface area contributed by atoms with E-state index in [-0.39, 0.29) is 0 Å². The van der Waals surface area contributed by atoms with Crippen LogP contribution in [0.4, 0.5) is 0 Å². The quantitative estimate of drug-likeness (QED) is 0.365. The fraction of sp³-hybridized carbons (Fsp3) is 1.00. The average molecular weight is 497 g/mol. The molecule has 160 valence electrons. The van der Waals surface area contributed by atoms with Crippen LogP contribution in [0.1, 0.15) is 118 Å². The molecule has 0 aliphatic heterocycles. The molecule has 0 bridgehead atoms. The van der Waals surface area contributed by atoms with Crippen molar-refractivity contribution >= 4 is 17.0 Å². The van der Waals surface area contributed by atoms with Crippen molar-refractivity contribution < 1.29 is 20.8 Å². The molecule has 4 aliphatic rings. The molecule has 0 heterocycles. The second-order valence-electron chi connectivity index (χ2n) is 8.74. The average Bonchev–Trinajstić information content (AvgIpc) is 3.34. The van der Waals surface area contributed by atoms with Crippen molar-refractivity contribution in [2.75, 3.05) is 0 Å². The van der Waals surface area contributed by atoms with Crippen LogP contribution >= 0.6 is 17.0 Å². The van der Waals surface area contributed by atoms with Gasteiger partial charge in [0.15, 0.2) is 0 Å². The van der Waals surface area contributed by atoms with Gasteiger partial charge in [0.05, 0.1) is 0 Å². The van der Waals surface area contributed by atoms with Crippen LogP contribution < -0.4 is 0 Å². The summed E-state index contributed by atoms with van der Waals surface area (Å²) >= 11 is -0.826. The van der Waals surface area contributed by atoms with Crippen LogP contribution in [0.2, 0.25) is 0 Å². The summed E-state index contributed by atoms with van der Waals surface area (Å²) in [5.74, 6) is 6.91. The standard InChI is InChI=1S/C20H34.2C2H6.2ClH.Zr/c1-3-7-19-15(5-1)9-11-17(19)13-14-18-12-10-16-6-2-4-8-20(16)18;2*1-2;;;/h15-20H,1-14H2;2*1-2H3;2*1H;/q;;;;;+2/p-2. The number of rotatable bonds is 3. The van der Waals surface area contributed by atoms with Crippen molar-refractivity contribution in [2.24, 2.45) is 35.5 Å². The van der Waals surface area contributed by atoms with Crippen molar-refractivity contribution in [3.05, 3.63) is 0 Å². The van der Waals surface area contributed by atoms with E-state index in [1.54, 1.807) is 89.9 Å². The molecule has 4 rings (SSSR count). The van der Waals surface area contributed by atoms with E-state index in [9.17, 15) is 0 Å². The van der Waals surface area contributed by atoms with E-state index in [0.717, 1.165) is 35.5 Å². The van der Waals surface area contributed by atoms with E-state index < -0.39 is 20.8 Å². The van der Waals surface area contributed by atoms with Gasteiger partial charge in [0.2, 0.25) is 0 Å². The van der Waals surface area contributed by atoms with E-state index in [4.69, 9.17) is 17.0 Å². The number of hydrogen-bond donors (Lipinski definition) is 0. The van der Waals surface area contributed by atoms with E-state index in [2.05, 4.69) is 0 Å². The minimum absolute atomic E-state index is 0.826. The van der Waals surface area contributed by atoms with Gasteiger partial charge in [0, 0.05) is 0 Å². The Bertz CT molecular complexity index is 317. The Morgan fingerprint density at radius 1 is 0.556 bits per heavy atom. The third-order valence-electron chi connectivity index (χ3n) is 7.87. The molecule has 27 heavy (non-hydrogen) atoms. The van der Waals surface area contributed by atoms with Gasteiger partial charge in [0.25, 0.3) is 0 Å². The third-order valence-corrected chi connectivity index (χ3v) is 7.87. The molecule has 4 aliphatic carbocycles. The summed E-state index contributed by atoms with van der Waals surface area (Å²) < 4.78 is 0. The summed E-state index contributed by atoms with van der Waals surface area (Å²) in [6.45, 7) is 8.00. The first-order valence-electron chi connectivity index (χ1n) is 12.3. The molecule has 4 fully saturated rings. The first-order valence-corrected chi connectivity index (χ1v) is 18.6. The number of fused-ring (bicyclic) bond motifs is 2. The molecule has 4 saturated carbocycles. The molecule has 0 aromatic heterocycles. The van der Waals surface area contributed by atoms with Crippen LogP contribution in [0.15, 0.2) is 0 Å².